The van der Waals surface area contributed by atoms with E-state index in [2.05, 4.69) is 78.0 Å². The standard InChI is InChI=1S/C17H18N2.BrH/c1-3-7-16(8-4-1)13-18-11-12-19(15-18)14-17-9-5-2-6-10-17;/h1-12H,13-15H2;1H. The minimum Gasteiger partial charge on any atom is -1.00 e. The van der Waals surface area contributed by atoms with Crippen molar-refractivity contribution in [3.05, 3.63) is 84.2 Å². The zero-order valence-corrected chi connectivity index (χ0v) is 13.0. The lowest BCUT2D eigenvalue weighted by molar-refractivity contribution is -0.863. The first-order chi connectivity index (χ1) is 9.40. The predicted octanol–water partition coefficient (Wildman–Crippen LogP) is -0.980. The zero-order valence-electron chi connectivity index (χ0n) is 11.4. The Morgan fingerprint density at radius 3 is 2.10 bits per heavy atom. The Labute approximate surface area is 131 Å². The molecule has 0 saturated heterocycles. The van der Waals surface area contributed by atoms with Crippen LogP contribution in [0.25, 0.3) is 0 Å². The second-order valence-electron chi connectivity index (χ2n) is 5.03. The largest absolute Gasteiger partial charge is 1.00 e. The highest BCUT2D eigenvalue weighted by Gasteiger charge is 2.17. The summed E-state index contributed by atoms with van der Waals surface area (Å²) in [6.07, 6.45) is 4.47. The van der Waals surface area contributed by atoms with Crippen LogP contribution in [-0.2, 0) is 13.1 Å². The number of nitrogens with one attached hydrogen (secondary N) is 1. The lowest BCUT2D eigenvalue weighted by Gasteiger charge is -2.17. The van der Waals surface area contributed by atoms with Crippen molar-refractivity contribution in [3.8, 4) is 0 Å². The van der Waals surface area contributed by atoms with E-state index in [0.29, 0.717) is 0 Å². The number of hydrogen-bond acceptors (Lipinski definition) is 1. The van der Waals surface area contributed by atoms with Crippen LogP contribution in [0.5, 0.6) is 0 Å². The van der Waals surface area contributed by atoms with E-state index >= 15 is 0 Å². The van der Waals surface area contributed by atoms with Crippen LogP contribution >= 0.6 is 0 Å². The molecule has 104 valence electrons. The summed E-state index contributed by atoms with van der Waals surface area (Å²) in [6.45, 7) is 3.10. The third kappa shape index (κ3) is 3.95. The molecule has 0 radical (unpaired) electrons. The summed E-state index contributed by atoms with van der Waals surface area (Å²) in [7, 11) is 0. The minimum atomic E-state index is 0. The molecule has 0 aromatic heterocycles. The van der Waals surface area contributed by atoms with Gasteiger partial charge in [-0.25, -0.2) is 0 Å². The van der Waals surface area contributed by atoms with Gasteiger partial charge in [-0.2, -0.15) is 0 Å². The second-order valence-corrected chi connectivity index (χ2v) is 5.03. The van der Waals surface area contributed by atoms with Gasteiger partial charge < -0.3 is 21.9 Å². The van der Waals surface area contributed by atoms with E-state index in [1.54, 1.807) is 0 Å². The van der Waals surface area contributed by atoms with Gasteiger partial charge in [0.15, 0.2) is 6.67 Å². The second kappa shape index (κ2) is 7.27. The third-order valence-corrected chi connectivity index (χ3v) is 3.43. The van der Waals surface area contributed by atoms with Gasteiger partial charge in [-0.3, -0.25) is 4.90 Å². The van der Waals surface area contributed by atoms with E-state index in [1.807, 2.05) is 0 Å². The summed E-state index contributed by atoms with van der Waals surface area (Å²) in [5.41, 5.74) is 2.76. The summed E-state index contributed by atoms with van der Waals surface area (Å²) in [5.74, 6) is 0. The fourth-order valence-corrected chi connectivity index (χ4v) is 2.48. The van der Waals surface area contributed by atoms with Crippen LogP contribution < -0.4 is 21.9 Å². The Balaban J connectivity index is 0.00000147. The number of nitrogens with zero attached hydrogens (tertiary/aromatic N) is 1. The summed E-state index contributed by atoms with van der Waals surface area (Å²) in [6, 6.07) is 21.3. The highest BCUT2D eigenvalue weighted by molar-refractivity contribution is 5.15. The molecule has 20 heavy (non-hydrogen) atoms. The molecule has 1 aliphatic heterocycles. The van der Waals surface area contributed by atoms with Crippen molar-refractivity contribution in [2.75, 3.05) is 6.67 Å². The summed E-state index contributed by atoms with van der Waals surface area (Å²) >= 11 is 0. The third-order valence-electron chi connectivity index (χ3n) is 3.43. The summed E-state index contributed by atoms with van der Waals surface area (Å²) in [4.78, 5) is 3.86. The smallest absolute Gasteiger partial charge is 0.157 e. The lowest BCUT2D eigenvalue weighted by atomic mass is 10.2. The van der Waals surface area contributed by atoms with E-state index in [1.165, 1.54) is 16.0 Å². The van der Waals surface area contributed by atoms with Gasteiger partial charge in [0.05, 0.1) is 6.20 Å². The molecular weight excluding hydrogens is 312 g/mol. The fourth-order valence-electron chi connectivity index (χ4n) is 2.48. The molecule has 0 amide bonds. The maximum atomic E-state index is 2.37. The van der Waals surface area contributed by atoms with Crippen molar-refractivity contribution in [1.29, 1.82) is 0 Å². The highest BCUT2D eigenvalue weighted by Crippen LogP contribution is 2.05. The molecule has 0 aliphatic carbocycles. The van der Waals surface area contributed by atoms with Crippen molar-refractivity contribution in [3.63, 3.8) is 0 Å². The maximum absolute atomic E-state index is 2.37. The van der Waals surface area contributed by atoms with Crippen molar-refractivity contribution in [2.45, 2.75) is 13.1 Å². The average Bonchev–Trinajstić information content (AvgIpc) is 2.88. The van der Waals surface area contributed by atoms with Gasteiger partial charge in [0, 0.05) is 12.1 Å². The molecule has 2 nitrogen and oxygen atoms in total. The van der Waals surface area contributed by atoms with Gasteiger partial charge in [-0.05, 0) is 5.56 Å². The van der Waals surface area contributed by atoms with E-state index in [-0.39, 0.29) is 17.0 Å². The van der Waals surface area contributed by atoms with Gasteiger partial charge in [-0.15, -0.1) is 0 Å². The minimum absolute atomic E-state index is 0. The van der Waals surface area contributed by atoms with Crippen molar-refractivity contribution < 1.29 is 21.9 Å². The van der Waals surface area contributed by atoms with Crippen LogP contribution in [0.3, 0.4) is 0 Å². The summed E-state index contributed by atoms with van der Waals surface area (Å²) < 4.78 is 0. The first kappa shape index (κ1) is 14.8. The van der Waals surface area contributed by atoms with Crippen LogP contribution in [0.2, 0.25) is 0 Å². The van der Waals surface area contributed by atoms with Crippen LogP contribution in [0.15, 0.2) is 73.1 Å². The Hall–Kier alpha value is -1.58. The molecule has 1 heterocycles. The first-order valence-corrected chi connectivity index (χ1v) is 6.75. The van der Waals surface area contributed by atoms with Gasteiger partial charge in [0.1, 0.15) is 12.7 Å². The maximum Gasteiger partial charge on any atom is 0.157 e. The summed E-state index contributed by atoms with van der Waals surface area (Å²) in [5, 5.41) is 0. The zero-order chi connectivity index (χ0) is 12.9. The van der Waals surface area contributed by atoms with E-state index < -0.39 is 0 Å². The molecule has 3 heteroatoms. The molecule has 0 saturated carbocycles. The topological polar surface area (TPSA) is 7.68 Å². The molecule has 3 rings (SSSR count). The van der Waals surface area contributed by atoms with E-state index in [4.69, 9.17) is 0 Å². The van der Waals surface area contributed by atoms with Crippen LogP contribution in [0.1, 0.15) is 11.1 Å². The Morgan fingerprint density at radius 1 is 0.850 bits per heavy atom. The normalized spacial score (nSPS) is 17.0. The molecular formula is C17H19BrN2. The molecule has 1 atom stereocenters. The van der Waals surface area contributed by atoms with E-state index in [9.17, 15) is 0 Å². The van der Waals surface area contributed by atoms with Gasteiger partial charge in [-0.1, -0.05) is 60.7 Å². The number of rotatable bonds is 4. The van der Waals surface area contributed by atoms with Crippen molar-refractivity contribution >= 4 is 0 Å². The predicted molar refractivity (Wildman–Crippen MR) is 77.1 cm³/mol. The van der Waals surface area contributed by atoms with Crippen LogP contribution in [-0.4, -0.2) is 11.6 Å². The van der Waals surface area contributed by atoms with Crippen molar-refractivity contribution in [2.24, 2.45) is 0 Å². The van der Waals surface area contributed by atoms with Crippen LogP contribution in [0, 0.1) is 0 Å². The van der Waals surface area contributed by atoms with Gasteiger partial charge >= 0.3 is 0 Å². The average molecular weight is 331 g/mol. The molecule has 1 unspecified atom stereocenters. The highest BCUT2D eigenvalue weighted by atomic mass is 79.9. The SMILES string of the molecule is C1=C[NH+](Cc2ccccc2)CN1Cc1ccccc1.[Br-]. The van der Waals surface area contributed by atoms with Gasteiger partial charge in [0.25, 0.3) is 0 Å². The monoisotopic (exact) mass is 330 g/mol. The molecule has 2 aromatic carbocycles. The number of halogens is 1. The Kier molecular flexibility index (Phi) is 5.39. The van der Waals surface area contributed by atoms with E-state index in [0.717, 1.165) is 19.8 Å². The molecule has 1 aliphatic rings. The molecule has 2 aromatic rings. The molecule has 0 spiro atoms. The fraction of sp³-hybridized carbons (Fsp3) is 0.176. The van der Waals surface area contributed by atoms with Gasteiger partial charge in [0.2, 0.25) is 0 Å². The Bertz CT molecular complexity index is 490. The number of quaternary nitrogens is 1. The quantitative estimate of drug-likeness (QED) is 0.757. The Morgan fingerprint density at radius 2 is 1.45 bits per heavy atom. The first-order valence-electron chi connectivity index (χ1n) is 6.75. The number of benzene rings is 2. The van der Waals surface area contributed by atoms with Crippen LogP contribution in [0.4, 0.5) is 0 Å². The molecule has 0 bridgehead atoms. The number of hydrogen-bond donors (Lipinski definition) is 1. The molecule has 0 fully saturated rings. The van der Waals surface area contributed by atoms with Crippen molar-refractivity contribution in [1.82, 2.24) is 4.90 Å². The molecule has 1 N–H and O–H groups in total. The lowest BCUT2D eigenvalue weighted by Crippen LogP contribution is -3.05.